The van der Waals surface area contributed by atoms with E-state index in [1.165, 1.54) is 19.3 Å². The molecule has 0 atom stereocenters. The topological polar surface area (TPSA) is 44.5 Å². The van der Waals surface area contributed by atoms with Crippen LogP contribution in [0.3, 0.4) is 0 Å². The summed E-state index contributed by atoms with van der Waals surface area (Å²) in [6, 6.07) is 7.98. The fourth-order valence-electron chi connectivity index (χ4n) is 2.75. The van der Waals surface area contributed by atoms with E-state index in [1.807, 2.05) is 18.2 Å². The number of rotatable bonds is 2. The van der Waals surface area contributed by atoms with Gasteiger partial charge in [0.05, 0.1) is 16.6 Å². The molecule has 0 spiro atoms. The third kappa shape index (κ3) is 1.67. The first-order valence-corrected chi connectivity index (χ1v) is 6.65. The van der Waals surface area contributed by atoms with Crippen molar-refractivity contribution in [1.29, 1.82) is 5.26 Å². The van der Waals surface area contributed by atoms with E-state index in [2.05, 4.69) is 22.5 Å². The number of H-pyrrole nitrogens is 1. The van der Waals surface area contributed by atoms with Crippen molar-refractivity contribution < 1.29 is 0 Å². The van der Waals surface area contributed by atoms with E-state index >= 15 is 0 Å². The summed E-state index contributed by atoms with van der Waals surface area (Å²) in [5.41, 5.74) is 2.95. The number of benzene rings is 1. The molecule has 3 rings (SSSR count). The fraction of sp³-hybridized carbons (Fsp3) is 0.429. The minimum atomic E-state index is 0.371. The number of imidazole rings is 1. The van der Waals surface area contributed by atoms with Crippen molar-refractivity contribution in [3.05, 3.63) is 28.5 Å². The zero-order valence-electron chi connectivity index (χ0n) is 10.4. The molecule has 1 aromatic carbocycles. The highest BCUT2D eigenvalue weighted by molar-refractivity contribution is 7.71. The zero-order chi connectivity index (χ0) is 12.8. The van der Waals surface area contributed by atoms with Gasteiger partial charge in [0.2, 0.25) is 0 Å². The highest BCUT2D eigenvalue weighted by Gasteiger charge is 2.32. The number of nitriles is 1. The molecule has 0 amide bonds. The second-order valence-corrected chi connectivity index (χ2v) is 5.88. The van der Waals surface area contributed by atoms with Crippen molar-refractivity contribution in [3.8, 4) is 6.07 Å². The van der Waals surface area contributed by atoms with Gasteiger partial charge in [-0.05, 0) is 42.6 Å². The molecular weight excluding hydrogens is 242 g/mol. The fourth-order valence-corrected chi connectivity index (χ4v) is 3.02. The number of fused-ring (bicyclic) bond motifs is 1. The summed E-state index contributed by atoms with van der Waals surface area (Å²) >= 11 is 5.40. The number of nitrogens with one attached hydrogen (secondary N) is 1. The number of hydrogen-bond donors (Lipinski definition) is 1. The lowest BCUT2D eigenvalue weighted by Gasteiger charge is -2.38. The van der Waals surface area contributed by atoms with E-state index in [0.29, 0.717) is 11.0 Å². The Morgan fingerprint density at radius 3 is 2.89 bits per heavy atom. The Kier molecular flexibility index (Phi) is 2.53. The van der Waals surface area contributed by atoms with Crippen molar-refractivity contribution in [2.24, 2.45) is 5.41 Å². The zero-order valence-corrected chi connectivity index (χ0v) is 11.2. The van der Waals surface area contributed by atoms with Gasteiger partial charge in [0, 0.05) is 6.54 Å². The maximum absolute atomic E-state index is 9.11. The van der Waals surface area contributed by atoms with Gasteiger partial charge < -0.3 is 9.55 Å². The van der Waals surface area contributed by atoms with Crippen LogP contribution in [0.5, 0.6) is 0 Å². The molecule has 92 valence electrons. The van der Waals surface area contributed by atoms with Gasteiger partial charge in [-0.2, -0.15) is 5.26 Å². The first-order chi connectivity index (χ1) is 8.63. The van der Waals surface area contributed by atoms with Crippen LogP contribution in [-0.4, -0.2) is 9.55 Å². The molecule has 0 aliphatic heterocycles. The van der Waals surface area contributed by atoms with E-state index in [1.54, 1.807) is 0 Å². The molecule has 2 aromatic rings. The van der Waals surface area contributed by atoms with Crippen LogP contribution in [0.2, 0.25) is 0 Å². The number of nitrogens with zero attached hydrogens (tertiary/aromatic N) is 2. The third-order valence-electron chi connectivity index (χ3n) is 4.03. The van der Waals surface area contributed by atoms with Gasteiger partial charge >= 0.3 is 0 Å². The second kappa shape index (κ2) is 3.96. The summed E-state index contributed by atoms with van der Waals surface area (Å²) < 4.78 is 2.87. The average molecular weight is 257 g/mol. The molecule has 1 saturated carbocycles. The van der Waals surface area contributed by atoms with Crippen LogP contribution in [-0.2, 0) is 6.54 Å². The molecule has 0 radical (unpaired) electrons. The van der Waals surface area contributed by atoms with Crippen molar-refractivity contribution >= 4 is 23.3 Å². The molecule has 0 unspecified atom stereocenters. The quantitative estimate of drug-likeness (QED) is 0.832. The summed E-state index contributed by atoms with van der Waals surface area (Å²) in [4.78, 5) is 3.17. The third-order valence-corrected chi connectivity index (χ3v) is 4.35. The van der Waals surface area contributed by atoms with Crippen LogP contribution in [0.15, 0.2) is 18.2 Å². The highest BCUT2D eigenvalue weighted by atomic mass is 32.1. The van der Waals surface area contributed by atoms with E-state index in [0.717, 1.165) is 22.3 Å². The average Bonchev–Trinajstić information content (AvgIpc) is 2.64. The van der Waals surface area contributed by atoms with Gasteiger partial charge in [-0.15, -0.1) is 0 Å². The van der Waals surface area contributed by atoms with Crippen LogP contribution >= 0.6 is 12.2 Å². The van der Waals surface area contributed by atoms with Crippen molar-refractivity contribution in [1.82, 2.24) is 9.55 Å². The van der Waals surface area contributed by atoms with Crippen molar-refractivity contribution in [3.63, 3.8) is 0 Å². The number of hydrogen-bond acceptors (Lipinski definition) is 2. The summed E-state index contributed by atoms with van der Waals surface area (Å²) in [5, 5.41) is 9.11. The van der Waals surface area contributed by atoms with Crippen LogP contribution in [0.4, 0.5) is 0 Å². The minimum absolute atomic E-state index is 0.371. The largest absolute Gasteiger partial charge is 0.329 e. The van der Waals surface area contributed by atoms with Crippen LogP contribution in [0.1, 0.15) is 31.7 Å². The van der Waals surface area contributed by atoms with Gasteiger partial charge in [-0.1, -0.05) is 19.4 Å². The molecule has 0 bridgehead atoms. The number of aromatic nitrogens is 2. The Labute approximate surface area is 111 Å². The second-order valence-electron chi connectivity index (χ2n) is 5.49. The lowest BCUT2D eigenvalue weighted by molar-refractivity contribution is 0.133. The predicted octanol–water partition coefficient (Wildman–Crippen LogP) is 3.76. The van der Waals surface area contributed by atoms with Crippen LogP contribution in [0.25, 0.3) is 11.0 Å². The summed E-state index contributed by atoms with van der Waals surface area (Å²) in [6.45, 7) is 3.26. The van der Waals surface area contributed by atoms with E-state index in [4.69, 9.17) is 17.5 Å². The van der Waals surface area contributed by atoms with Crippen molar-refractivity contribution in [2.75, 3.05) is 0 Å². The van der Waals surface area contributed by atoms with E-state index in [-0.39, 0.29) is 0 Å². The van der Waals surface area contributed by atoms with Crippen LogP contribution in [0, 0.1) is 21.5 Å². The molecule has 1 aliphatic rings. The number of aromatic amines is 1. The maximum Gasteiger partial charge on any atom is 0.178 e. The van der Waals surface area contributed by atoms with Crippen LogP contribution < -0.4 is 0 Å². The standard InChI is InChI=1S/C14H15N3S/c1-14(6-3-7-14)9-17-11-5-2-4-10(8-15)12(11)16-13(17)18/h2,4-5H,3,6-7,9H2,1H3,(H,16,18). The van der Waals surface area contributed by atoms with Crippen molar-refractivity contribution in [2.45, 2.75) is 32.7 Å². The molecule has 0 saturated heterocycles. The van der Waals surface area contributed by atoms with Gasteiger partial charge in [-0.3, -0.25) is 0 Å². The molecule has 4 heteroatoms. The maximum atomic E-state index is 9.11. The van der Waals surface area contributed by atoms with Gasteiger partial charge in [0.15, 0.2) is 4.77 Å². The molecule has 3 nitrogen and oxygen atoms in total. The molecule has 1 heterocycles. The summed E-state index contributed by atoms with van der Waals surface area (Å²) in [7, 11) is 0. The first-order valence-electron chi connectivity index (χ1n) is 6.25. The normalized spacial score (nSPS) is 17.3. The van der Waals surface area contributed by atoms with E-state index in [9.17, 15) is 0 Å². The smallest absolute Gasteiger partial charge is 0.178 e. The van der Waals surface area contributed by atoms with E-state index < -0.39 is 0 Å². The molecule has 1 aliphatic carbocycles. The molecule has 18 heavy (non-hydrogen) atoms. The molecule has 1 fully saturated rings. The predicted molar refractivity (Wildman–Crippen MR) is 73.8 cm³/mol. The molecule has 1 N–H and O–H groups in total. The lowest BCUT2D eigenvalue weighted by atomic mass is 9.70. The molecular formula is C14H15N3S. The monoisotopic (exact) mass is 257 g/mol. The van der Waals surface area contributed by atoms with Gasteiger partial charge in [0.25, 0.3) is 0 Å². The highest BCUT2D eigenvalue weighted by Crippen LogP contribution is 2.42. The Bertz CT molecular complexity index is 698. The van der Waals surface area contributed by atoms with Gasteiger partial charge in [-0.25, -0.2) is 0 Å². The summed E-state index contributed by atoms with van der Waals surface area (Å²) in [5.74, 6) is 0. The Hall–Kier alpha value is -1.60. The lowest BCUT2D eigenvalue weighted by Crippen LogP contribution is -2.30. The Morgan fingerprint density at radius 1 is 1.50 bits per heavy atom. The minimum Gasteiger partial charge on any atom is -0.329 e. The van der Waals surface area contributed by atoms with Gasteiger partial charge in [0.1, 0.15) is 6.07 Å². The molecule has 1 aromatic heterocycles. The SMILES string of the molecule is CC1(Cn2c(=S)[nH]c3c(C#N)cccc32)CCC1. The Balaban J connectivity index is 2.15. The Morgan fingerprint density at radius 2 is 2.28 bits per heavy atom. The summed E-state index contributed by atoms with van der Waals surface area (Å²) in [6.07, 6.45) is 3.84. The number of para-hydroxylation sites is 1. The first kappa shape index (κ1) is 11.5.